The molecular formula is C14H11Br2F3N2. The van der Waals surface area contributed by atoms with Crippen LogP contribution in [0.1, 0.15) is 17.2 Å². The van der Waals surface area contributed by atoms with Crippen molar-refractivity contribution >= 4 is 31.9 Å². The van der Waals surface area contributed by atoms with Gasteiger partial charge < -0.3 is 0 Å². The van der Waals surface area contributed by atoms with E-state index in [4.69, 9.17) is 5.84 Å². The summed E-state index contributed by atoms with van der Waals surface area (Å²) in [5.41, 5.74) is 3.32. The molecular weight excluding hydrogens is 413 g/mol. The van der Waals surface area contributed by atoms with Crippen LogP contribution in [0.15, 0.2) is 39.3 Å². The van der Waals surface area contributed by atoms with Crippen molar-refractivity contribution in [2.24, 2.45) is 5.84 Å². The first kappa shape index (κ1) is 16.5. The van der Waals surface area contributed by atoms with Crippen molar-refractivity contribution in [3.63, 3.8) is 0 Å². The van der Waals surface area contributed by atoms with E-state index in [2.05, 4.69) is 37.3 Å². The van der Waals surface area contributed by atoms with Gasteiger partial charge in [-0.1, -0.05) is 22.0 Å². The summed E-state index contributed by atoms with van der Waals surface area (Å²) in [6, 6.07) is 6.37. The number of nitrogens with two attached hydrogens (primary N) is 1. The van der Waals surface area contributed by atoms with E-state index >= 15 is 0 Å². The molecule has 21 heavy (non-hydrogen) atoms. The molecule has 2 aromatic carbocycles. The molecule has 1 unspecified atom stereocenters. The van der Waals surface area contributed by atoms with Crippen LogP contribution in [-0.2, 0) is 6.42 Å². The second kappa shape index (κ2) is 6.91. The Balaban J connectivity index is 2.37. The zero-order valence-corrected chi connectivity index (χ0v) is 13.8. The average Bonchev–Trinajstić information content (AvgIpc) is 2.46. The Morgan fingerprint density at radius 2 is 1.71 bits per heavy atom. The Morgan fingerprint density at radius 3 is 2.38 bits per heavy atom. The van der Waals surface area contributed by atoms with Crippen molar-refractivity contribution in [3.8, 4) is 0 Å². The first-order valence-electron chi connectivity index (χ1n) is 5.97. The SMILES string of the molecule is NNC(Cc1cc(Br)ccc1F)c1ccc(F)c(F)c1Br. The summed E-state index contributed by atoms with van der Waals surface area (Å²) in [5, 5.41) is 0. The molecule has 0 bridgehead atoms. The molecule has 112 valence electrons. The number of nitrogens with one attached hydrogen (secondary N) is 1. The summed E-state index contributed by atoms with van der Waals surface area (Å²) in [6.45, 7) is 0. The highest BCUT2D eigenvalue weighted by molar-refractivity contribution is 9.10. The van der Waals surface area contributed by atoms with Gasteiger partial charge in [0, 0.05) is 4.47 Å². The minimum absolute atomic E-state index is 0.0270. The van der Waals surface area contributed by atoms with Crippen LogP contribution in [-0.4, -0.2) is 0 Å². The predicted octanol–water partition coefficient (Wildman–Crippen LogP) is 4.38. The summed E-state index contributed by atoms with van der Waals surface area (Å²) in [5.74, 6) is 3.12. The third-order valence-corrected chi connectivity index (χ3v) is 4.37. The van der Waals surface area contributed by atoms with Gasteiger partial charge in [-0.3, -0.25) is 11.3 Å². The van der Waals surface area contributed by atoms with E-state index < -0.39 is 23.5 Å². The molecule has 7 heteroatoms. The van der Waals surface area contributed by atoms with E-state index in [9.17, 15) is 13.2 Å². The Labute approximate surface area is 136 Å². The van der Waals surface area contributed by atoms with Crippen molar-refractivity contribution < 1.29 is 13.2 Å². The van der Waals surface area contributed by atoms with E-state index in [1.54, 1.807) is 12.1 Å². The maximum Gasteiger partial charge on any atom is 0.173 e. The average molecular weight is 424 g/mol. The summed E-state index contributed by atoms with van der Waals surface area (Å²) < 4.78 is 41.2. The zero-order valence-electron chi connectivity index (χ0n) is 10.6. The molecule has 0 fully saturated rings. The zero-order chi connectivity index (χ0) is 15.6. The van der Waals surface area contributed by atoms with Crippen LogP contribution in [0.2, 0.25) is 0 Å². The van der Waals surface area contributed by atoms with Crippen LogP contribution in [0.3, 0.4) is 0 Å². The van der Waals surface area contributed by atoms with Gasteiger partial charge in [0.05, 0.1) is 10.5 Å². The van der Waals surface area contributed by atoms with E-state index in [1.165, 1.54) is 12.1 Å². The molecule has 0 aromatic heterocycles. The normalized spacial score (nSPS) is 12.5. The van der Waals surface area contributed by atoms with Gasteiger partial charge in [0.15, 0.2) is 11.6 Å². The largest absolute Gasteiger partial charge is 0.271 e. The molecule has 0 saturated heterocycles. The number of benzene rings is 2. The maximum atomic E-state index is 13.8. The lowest BCUT2D eigenvalue weighted by Crippen LogP contribution is -2.30. The van der Waals surface area contributed by atoms with Crippen LogP contribution >= 0.6 is 31.9 Å². The van der Waals surface area contributed by atoms with Crippen molar-refractivity contribution in [1.82, 2.24) is 5.43 Å². The van der Waals surface area contributed by atoms with Gasteiger partial charge in [0.1, 0.15) is 5.82 Å². The summed E-state index contributed by atoms with van der Waals surface area (Å²) in [4.78, 5) is 0. The Bertz CT molecular complexity index is 665. The molecule has 0 amide bonds. The standard InChI is InChI=1S/C14H11Br2F3N2/c15-8-1-3-10(17)7(5-8)6-12(21-20)9-2-4-11(18)14(19)13(9)16/h1-5,12,21H,6,20H2. The Morgan fingerprint density at radius 1 is 1.05 bits per heavy atom. The second-order valence-electron chi connectivity index (χ2n) is 4.42. The van der Waals surface area contributed by atoms with E-state index in [0.29, 0.717) is 11.1 Å². The van der Waals surface area contributed by atoms with Crippen LogP contribution in [0.4, 0.5) is 13.2 Å². The third kappa shape index (κ3) is 3.66. The van der Waals surface area contributed by atoms with Gasteiger partial charge in [0.2, 0.25) is 0 Å². The first-order valence-corrected chi connectivity index (χ1v) is 7.56. The van der Waals surface area contributed by atoms with Crippen molar-refractivity contribution in [2.45, 2.75) is 12.5 Å². The fourth-order valence-corrected chi connectivity index (χ4v) is 2.99. The van der Waals surface area contributed by atoms with Gasteiger partial charge in [-0.15, -0.1) is 0 Å². The van der Waals surface area contributed by atoms with Crippen LogP contribution in [0, 0.1) is 17.5 Å². The maximum absolute atomic E-state index is 13.8. The molecule has 2 nitrogen and oxygen atoms in total. The Kier molecular flexibility index (Phi) is 5.43. The fraction of sp³-hybridized carbons (Fsp3) is 0.143. The number of rotatable bonds is 4. The Hall–Kier alpha value is -0.890. The number of halogens is 5. The lowest BCUT2D eigenvalue weighted by molar-refractivity contribution is 0.488. The predicted molar refractivity (Wildman–Crippen MR) is 81.9 cm³/mol. The highest BCUT2D eigenvalue weighted by Gasteiger charge is 2.20. The number of hydrazine groups is 1. The van der Waals surface area contributed by atoms with E-state index in [-0.39, 0.29) is 10.9 Å². The molecule has 2 rings (SSSR count). The van der Waals surface area contributed by atoms with Gasteiger partial charge >= 0.3 is 0 Å². The topological polar surface area (TPSA) is 38.0 Å². The highest BCUT2D eigenvalue weighted by atomic mass is 79.9. The first-order chi connectivity index (χ1) is 9.93. The van der Waals surface area contributed by atoms with Crippen LogP contribution in [0.25, 0.3) is 0 Å². The highest BCUT2D eigenvalue weighted by Crippen LogP contribution is 2.30. The van der Waals surface area contributed by atoms with Crippen molar-refractivity contribution in [2.75, 3.05) is 0 Å². The van der Waals surface area contributed by atoms with Crippen LogP contribution < -0.4 is 11.3 Å². The van der Waals surface area contributed by atoms with Crippen molar-refractivity contribution in [1.29, 1.82) is 0 Å². The number of hydrogen-bond donors (Lipinski definition) is 2. The van der Waals surface area contributed by atoms with E-state index in [0.717, 1.165) is 10.5 Å². The van der Waals surface area contributed by atoms with Crippen molar-refractivity contribution in [3.05, 3.63) is 67.9 Å². The van der Waals surface area contributed by atoms with Gasteiger partial charge in [-0.05, 0) is 57.7 Å². The molecule has 1 atom stereocenters. The fourth-order valence-electron chi connectivity index (χ4n) is 1.99. The van der Waals surface area contributed by atoms with Gasteiger partial charge in [0.25, 0.3) is 0 Å². The minimum atomic E-state index is -0.998. The summed E-state index contributed by atoms with van der Waals surface area (Å²) >= 11 is 6.27. The number of hydrogen-bond acceptors (Lipinski definition) is 2. The molecule has 0 heterocycles. The lowest BCUT2D eigenvalue weighted by atomic mass is 9.99. The van der Waals surface area contributed by atoms with Crippen LogP contribution in [0.5, 0.6) is 0 Å². The monoisotopic (exact) mass is 422 g/mol. The molecule has 0 aliphatic heterocycles. The molecule has 2 aromatic rings. The lowest BCUT2D eigenvalue weighted by Gasteiger charge is -2.19. The summed E-state index contributed by atoms with van der Waals surface area (Å²) in [7, 11) is 0. The molecule has 0 saturated carbocycles. The second-order valence-corrected chi connectivity index (χ2v) is 6.13. The van der Waals surface area contributed by atoms with Gasteiger partial charge in [-0.2, -0.15) is 0 Å². The smallest absolute Gasteiger partial charge is 0.173 e. The molecule has 3 N–H and O–H groups in total. The minimum Gasteiger partial charge on any atom is -0.271 e. The van der Waals surface area contributed by atoms with Gasteiger partial charge in [-0.25, -0.2) is 13.2 Å². The quantitative estimate of drug-likeness (QED) is 0.435. The summed E-state index contributed by atoms with van der Waals surface area (Å²) in [6.07, 6.45) is 0.186. The van der Waals surface area contributed by atoms with E-state index in [1.807, 2.05) is 0 Å². The molecule has 0 aliphatic carbocycles. The molecule has 0 radical (unpaired) electrons. The molecule has 0 spiro atoms. The molecule has 0 aliphatic rings. The third-order valence-electron chi connectivity index (χ3n) is 3.07.